The summed E-state index contributed by atoms with van der Waals surface area (Å²) in [6, 6.07) is 8.91. The Kier molecular flexibility index (Phi) is 7.63. The minimum Gasteiger partial charge on any atom is -0.480 e. The van der Waals surface area contributed by atoms with Crippen molar-refractivity contribution in [2.75, 3.05) is 11.1 Å². The molecule has 1 amide bonds. The van der Waals surface area contributed by atoms with Crippen LogP contribution in [0, 0.1) is 25.5 Å². The lowest BCUT2D eigenvalue weighted by atomic mass is 10.1. The zero-order valence-electron chi connectivity index (χ0n) is 18.1. The van der Waals surface area contributed by atoms with Crippen LogP contribution in [0.5, 0.6) is 5.75 Å². The van der Waals surface area contributed by atoms with E-state index in [2.05, 4.69) is 22.1 Å². The smallest absolute Gasteiger partial charge is 0.234 e. The number of ether oxygens (including phenoxy) is 1. The Bertz CT molecular complexity index is 1130. The van der Waals surface area contributed by atoms with E-state index < -0.39 is 17.7 Å². The molecule has 3 rings (SSSR count). The predicted molar refractivity (Wildman–Crippen MR) is 121 cm³/mol. The molecule has 1 unspecified atom stereocenters. The van der Waals surface area contributed by atoms with Crippen LogP contribution in [0.1, 0.15) is 30.0 Å². The number of amides is 1. The molecule has 6 nitrogen and oxygen atoms in total. The van der Waals surface area contributed by atoms with Crippen LogP contribution in [0.2, 0.25) is 0 Å². The van der Waals surface area contributed by atoms with Gasteiger partial charge in [-0.2, -0.15) is 0 Å². The fraction of sp³-hybridized carbons (Fsp3) is 0.261. The molecule has 168 valence electrons. The number of allylic oxidation sites excluding steroid dienone is 1. The van der Waals surface area contributed by atoms with Crippen molar-refractivity contribution in [3.05, 3.63) is 77.6 Å². The van der Waals surface area contributed by atoms with E-state index in [0.717, 1.165) is 28.9 Å². The van der Waals surface area contributed by atoms with Crippen molar-refractivity contribution in [3.63, 3.8) is 0 Å². The van der Waals surface area contributed by atoms with Gasteiger partial charge in [0.1, 0.15) is 5.82 Å². The molecule has 1 atom stereocenters. The van der Waals surface area contributed by atoms with Gasteiger partial charge in [0, 0.05) is 18.3 Å². The van der Waals surface area contributed by atoms with Gasteiger partial charge in [0.25, 0.3) is 0 Å². The third-order valence-electron chi connectivity index (χ3n) is 4.61. The number of nitrogens with zero attached hydrogens (tertiary/aromatic N) is 3. The molecule has 2 aromatic carbocycles. The van der Waals surface area contributed by atoms with E-state index in [4.69, 9.17) is 4.74 Å². The van der Waals surface area contributed by atoms with E-state index in [1.54, 1.807) is 17.6 Å². The minimum atomic E-state index is -0.802. The molecule has 0 saturated heterocycles. The molecule has 1 aromatic heterocycles. The monoisotopic (exact) mass is 458 g/mol. The number of benzene rings is 2. The Labute approximate surface area is 189 Å². The fourth-order valence-corrected chi connectivity index (χ4v) is 3.85. The number of aromatic nitrogens is 3. The first-order valence-corrected chi connectivity index (χ1v) is 10.9. The molecule has 0 bridgehead atoms. The molecule has 0 aliphatic rings. The van der Waals surface area contributed by atoms with Crippen LogP contribution < -0.4 is 10.1 Å². The fourth-order valence-electron chi connectivity index (χ4n) is 3.09. The maximum Gasteiger partial charge on any atom is 0.234 e. The SMILES string of the molecule is C=CCn1c(SCC(=O)Nc2ccc(C)cc2C)nnc1C(C)Oc1ccc(F)cc1F. The van der Waals surface area contributed by atoms with Crippen molar-refractivity contribution in [1.29, 1.82) is 0 Å². The lowest BCUT2D eigenvalue weighted by Gasteiger charge is -2.16. The van der Waals surface area contributed by atoms with Crippen LogP contribution in [-0.4, -0.2) is 26.4 Å². The summed E-state index contributed by atoms with van der Waals surface area (Å²) >= 11 is 1.22. The van der Waals surface area contributed by atoms with Gasteiger partial charge in [-0.1, -0.05) is 35.5 Å². The predicted octanol–water partition coefficient (Wildman–Crippen LogP) is 5.23. The molecule has 1 heterocycles. The van der Waals surface area contributed by atoms with E-state index in [-0.39, 0.29) is 17.4 Å². The Hall–Kier alpha value is -3.20. The highest BCUT2D eigenvalue weighted by Gasteiger charge is 2.21. The lowest BCUT2D eigenvalue weighted by molar-refractivity contribution is -0.113. The van der Waals surface area contributed by atoms with Crippen LogP contribution in [0.4, 0.5) is 14.5 Å². The number of thioether (sulfide) groups is 1. The van der Waals surface area contributed by atoms with Crippen molar-refractivity contribution in [3.8, 4) is 5.75 Å². The molecule has 0 spiro atoms. The zero-order chi connectivity index (χ0) is 23.3. The summed E-state index contributed by atoms with van der Waals surface area (Å²) < 4.78 is 34.5. The second-order valence-corrected chi connectivity index (χ2v) is 8.17. The third-order valence-corrected chi connectivity index (χ3v) is 5.57. The first kappa shape index (κ1) is 23.5. The third kappa shape index (κ3) is 5.73. The van der Waals surface area contributed by atoms with Crippen molar-refractivity contribution in [2.24, 2.45) is 0 Å². The lowest BCUT2D eigenvalue weighted by Crippen LogP contribution is -2.16. The van der Waals surface area contributed by atoms with Gasteiger partial charge in [-0.25, -0.2) is 8.78 Å². The second-order valence-electron chi connectivity index (χ2n) is 7.23. The molecule has 32 heavy (non-hydrogen) atoms. The van der Waals surface area contributed by atoms with Crippen LogP contribution in [-0.2, 0) is 11.3 Å². The topological polar surface area (TPSA) is 69.0 Å². The minimum absolute atomic E-state index is 0.0888. The van der Waals surface area contributed by atoms with Gasteiger partial charge < -0.3 is 10.1 Å². The summed E-state index contributed by atoms with van der Waals surface area (Å²) in [4.78, 5) is 12.4. The van der Waals surface area contributed by atoms with Gasteiger partial charge in [-0.05, 0) is 44.5 Å². The van der Waals surface area contributed by atoms with E-state index in [0.29, 0.717) is 17.5 Å². The molecule has 9 heteroatoms. The second kappa shape index (κ2) is 10.4. The molecule has 3 aromatic rings. The van der Waals surface area contributed by atoms with E-state index in [1.165, 1.54) is 17.8 Å². The molecular formula is C23H24F2N4O2S. The number of halogens is 2. The number of carbonyl (C=O) groups is 1. The highest BCUT2D eigenvalue weighted by Crippen LogP contribution is 2.27. The summed E-state index contributed by atoms with van der Waals surface area (Å²) in [5, 5.41) is 11.7. The van der Waals surface area contributed by atoms with Gasteiger partial charge in [-0.15, -0.1) is 16.8 Å². The Morgan fingerprint density at radius 3 is 2.72 bits per heavy atom. The zero-order valence-corrected chi connectivity index (χ0v) is 18.9. The van der Waals surface area contributed by atoms with Crippen molar-refractivity contribution >= 4 is 23.4 Å². The van der Waals surface area contributed by atoms with E-state index in [9.17, 15) is 13.6 Å². The molecule has 0 aliphatic heterocycles. The first-order valence-electron chi connectivity index (χ1n) is 9.94. The summed E-state index contributed by atoms with van der Waals surface area (Å²) in [5.41, 5.74) is 2.87. The number of nitrogens with one attached hydrogen (secondary N) is 1. The normalized spacial score (nSPS) is 11.8. The largest absolute Gasteiger partial charge is 0.480 e. The molecule has 0 fully saturated rings. The standard InChI is InChI=1S/C23H24F2N4O2S/c1-5-10-29-22(16(4)31-20-9-7-17(24)12-18(20)25)27-28-23(29)32-13-21(30)26-19-8-6-14(2)11-15(19)3/h5-9,11-12,16H,1,10,13H2,2-4H3,(H,26,30). The summed E-state index contributed by atoms with van der Waals surface area (Å²) in [6.45, 7) is 9.74. The Morgan fingerprint density at radius 2 is 2.03 bits per heavy atom. The summed E-state index contributed by atoms with van der Waals surface area (Å²) in [6.07, 6.45) is 0.999. The molecule has 1 N–H and O–H groups in total. The number of hydrogen-bond donors (Lipinski definition) is 1. The molecule has 0 saturated carbocycles. The Balaban J connectivity index is 1.69. The van der Waals surface area contributed by atoms with E-state index in [1.807, 2.05) is 32.0 Å². The molecule has 0 radical (unpaired) electrons. The van der Waals surface area contributed by atoms with Crippen molar-refractivity contribution in [1.82, 2.24) is 14.8 Å². The summed E-state index contributed by atoms with van der Waals surface area (Å²) in [5.74, 6) is -1.18. The van der Waals surface area contributed by atoms with Crippen molar-refractivity contribution in [2.45, 2.75) is 38.6 Å². The van der Waals surface area contributed by atoms with Crippen LogP contribution in [0.3, 0.4) is 0 Å². The van der Waals surface area contributed by atoms with Crippen LogP contribution in [0.25, 0.3) is 0 Å². The first-order chi connectivity index (χ1) is 15.3. The number of hydrogen-bond acceptors (Lipinski definition) is 5. The molecule has 0 aliphatic carbocycles. The quantitative estimate of drug-likeness (QED) is 0.351. The van der Waals surface area contributed by atoms with Crippen LogP contribution in [0.15, 0.2) is 54.2 Å². The summed E-state index contributed by atoms with van der Waals surface area (Å²) in [7, 11) is 0. The average molecular weight is 459 g/mol. The number of rotatable bonds is 9. The van der Waals surface area contributed by atoms with Gasteiger partial charge in [-0.3, -0.25) is 9.36 Å². The maximum atomic E-state index is 13.9. The van der Waals surface area contributed by atoms with Gasteiger partial charge >= 0.3 is 0 Å². The van der Waals surface area contributed by atoms with Gasteiger partial charge in [0.2, 0.25) is 5.91 Å². The van der Waals surface area contributed by atoms with E-state index >= 15 is 0 Å². The van der Waals surface area contributed by atoms with Gasteiger partial charge in [0.05, 0.1) is 5.75 Å². The highest BCUT2D eigenvalue weighted by molar-refractivity contribution is 7.99. The number of aryl methyl sites for hydroxylation is 2. The Morgan fingerprint density at radius 1 is 1.25 bits per heavy atom. The van der Waals surface area contributed by atoms with Crippen LogP contribution >= 0.6 is 11.8 Å². The maximum absolute atomic E-state index is 13.9. The molecular weight excluding hydrogens is 434 g/mol. The highest BCUT2D eigenvalue weighted by atomic mass is 32.2. The van der Waals surface area contributed by atoms with Crippen molar-refractivity contribution < 1.29 is 18.3 Å². The van der Waals surface area contributed by atoms with Gasteiger partial charge in [0.15, 0.2) is 28.7 Å². The number of anilines is 1. The average Bonchev–Trinajstić information content (AvgIpc) is 3.13. The number of carbonyl (C=O) groups excluding carboxylic acids is 1.